The minimum Gasteiger partial charge on any atom is -0.325 e. The van der Waals surface area contributed by atoms with Crippen LogP contribution in [0.1, 0.15) is 24.2 Å². The van der Waals surface area contributed by atoms with Gasteiger partial charge in [0.15, 0.2) is 11.7 Å². The zero-order chi connectivity index (χ0) is 18.0. The molecule has 1 aliphatic heterocycles. The van der Waals surface area contributed by atoms with E-state index in [1.165, 1.54) is 11.9 Å². The lowest BCUT2D eigenvalue weighted by Gasteiger charge is -2.14. The first-order valence-electron chi connectivity index (χ1n) is 7.83. The lowest BCUT2D eigenvalue weighted by molar-refractivity contribution is -0.127. The highest BCUT2D eigenvalue weighted by atomic mass is 16.2. The maximum absolute atomic E-state index is 12.6. The van der Waals surface area contributed by atoms with Crippen molar-refractivity contribution in [1.82, 2.24) is 0 Å². The molecule has 6 nitrogen and oxygen atoms in total. The smallest absolute Gasteiger partial charge is 0.265 e. The van der Waals surface area contributed by atoms with Crippen molar-refractivity contribution in [2.75, 3.05) is 10.3 Å². The Kier molecular flexibility index (Phi) is 4.43. The standard InChI is InChI=1S/C19H17N3O3/c1-12-17(19(25)22(21-12)16-6-4-3-5-7-16)18(24)20-15-10-8-14(9-11-15)13(2)23/h3-11,17H,1-2H3,(H,20,24). The van der Waals surface area contributed by atoms with E-state index in [-0.39, 0.29) is 11.7 Å². The normalized spacial score (nSPS) is 16.6. The molecule has 0 aromatic heterocycles. The average Bonchev–Trinajstić information content (AvgIpc) is 2.90. The van der Waals surface area contributed by atoms with E-state index in [0.717, 1.165) is 0 Å². The number of rotatable bonds is 4. The SMILES string of the molecule is CC(=O)c1ccc(NC(=O)C2C(=O)N(c3ccccc3)N=C2C)cc1. The number of ketones is 1. The van der Waals surface area contributed by atoms with Gasteiger partial charge in [-0.05, 0) is 50.2 Å². The van der Waals surface area contributed by atoms with Crippen molar-refractivity contribution in [3.63, 3.8) is 0 Å². The van der Waals surface area contributed by atoms with Crippen molar-refractivity contribution in [1.29, 1.82) is 0 Å². The molecule has 0 saturated heterocycles. The fourth-order valence-corrected chi connectivity index (χ4v) is 2.62. The molecule has 6 heteroatoms. The molecule has 0 saturated carbocycles. The van der Waals surface area contributed by atoms with E-state index in [0.29, 0.717) is 22.6 Å². The van der Waals surface area contributed by atoms with Crippen LogP contribution < -0.4 is 10.3 Å². The van der Waals surface area contributed by atoms with Gasteiger partial charge in [0.25, 0.3) is 5.91 Å². The molecule has 1 N–H and O–H groups in total. The van der Waals surface area contributed by atoms with Gasteiger partial charge in [-0.15, -0.1) is 0 Å². The second-order valence-corrected chi connectivity index (χ2v) is 5.78. The third-order valence-corrected chi connectivity index (χ3v) is 3.95. The lowest BCUT2D eigenvalue weighted by Crippen LogP contribution is -2.36. The van der Waals surface area contributed by atoms with E-state index in [1.807, 2.05) is 6.07 Å². The summed E-state index contributed by atoms with van der Waals surface area (Å²) in [6.07, 6.45) is 0. The van der Waals surface area contributed by atoms with Gasteiger partial charge in [-0.3, -0.25) is 14.4 Å². The monoisotopic (exact) mass is 335 g/mol. The number of benzene rings is 2. The van der Waals surface area contributed by atoms with Gasteiger partial charge in [0.1, 0.15) is 0 Å². The average molecular weight is 335 g/mol. The molecule has 126 valence electrons. The number of hydrazone groups is 1. The molecule has 0 radical (unpaired) electrons. The topological polar surface area (TPSA) is 78.8 Å². The Morgan fingerprint density at radius 3 is 2.28 bits per heavy atom. The summed E-state index contributed by atoms with van der Waals surface area (Å²) in [5, 5.41) is 8.17. The predicted octanol–water partition coefficient (Wildman–Crippen LogP) is 2.87. The summed E-state index contributed by atoms with van der Waals surface area (Å²) in [5.41, 5.74) is 2.14. The summed E-state index contributed by atoms with van der Waals surface area (Å²) in [5.74, 6) is -1.85. The van der Waals surface area contributed by atoms with Crippen molar-refractivity contribution in [2.24, 2.45) is 11.0 Å². The summed E-state index contributed by atoms with van der Waals surface area (Å²) in [6, 6.07) is 15.5. The molecule has 2 amide bonds. The van der Waals surface area contributed by atoms with Crippen LogP contribution in [0.4, 0.5) is 11.4 Å². The maximum atomic E-state index is 12.6. The minimum atomic E-state index is -0.965. The highest BCUT2D eigenvalue weighted by Gasteiger charge is 2.39. The van der Waals surface area contributed by atoms with Crippen molar-refractivity contribution in [2.45, 2.75) is 13.8 Å². The molecule has 25 heavy (non-hydrogen) atoms. The first kappa shape index (κ1) is 16.6. The van der Waals surface area contributed by atoms with E-state index in [2.05, 4.69) is 10.4 Å². The number of amides is 2. The van der Waals surface area contributed by atoms with Crippen molar-refractivity contribution in [3.05, 3.63) is 60.2 Å². The van der Waals surface area contributed by atoms with Crippen LogP contribution in [0.15, 0.2) is 59.7 Å². The molecule has 0 aliphatic carbocycles. The zero-order valence-corrected chi connectivity index (χ0v) is 13.9. The molecule has 1 aliphatic rings. The number of carbonyl (C=O) groups is 3. The number of hydrogen-bond acceptors (Lipinski definition) is 4. The van der Waals surface area contributed by atoms with Gasteiger partial charge in [-0.1, -0.05) is 18.2 Å². The Labute approximate surface area is 145 Å². The van der Waals surface area contributed by atoms with Crippen LogP contribution in [0.25, 0.3) is 0 Å². The predicted molar refractivity (Wildman–Crippen MR) is 95.6 cm³/mol. The van der Waals surface area contributed by atoms with Crippen LogP contribution in [0, 0.1) is 5.92 Å². The van der Waals surface area contributed by atoms with Crippen molar-refractivity contribution < 1.29 is 14.4 Å². The first-order chi connectivity index (χ1) is 12.0. The third kappa shape index (κ3) is 3.33. The van der Waals surface area contributed by atoms with Gasteiger partial charge < -0.3 is 5.32 Å². The van der Waals surface area contributed by atoms with Crippen LogP contribution in [0.5, 0.6) is 0 Å². The highest BCUT2D eigenvalue weighted by Crippen LogP contribution is 2.24. The fourth-order valence-electron chi connectivity index (χ4n) is 2.62. The third-order valence-electron chi connectivity index (χ3n) is 3.95. The number of nitrogens with zero attached hydrogens (tertiary/aromatic N) is 2. The Hall–Kier alpha value is -3.28. The Balaban J connectivity index is 1.75. The summed E-state index contributed by atoms with van der Waals surface area (Å²) in [7, 11) is 0. The second-order valence-electron chi connectivity index (χ2n) is 5.78. The number of anilines is 2. The summed E-state index contributed by atoms with van der Waals surface area (Å²) < 4.78 is 0. The first-order valence-corrected chi connectivity index (χ1v) is 7.83. The van der Waals surface area contributed by atoms with E-state index >= 15 is 0 Å². The van der Waals surface area contributed by atoms with Crippen LogP contribution >= 0.6 is 0 Å². The fraction of sp³-hybridized carbons (Fsp3) is 0.158. The van der Waals surface area contributed by atoms with Crippen LogP contribution in [0.2, 0.25) is 0 Å². The van der Waals surface area contributed by atoms with E-state index < -0.39 is 11.8 Å². The minimum absolute atomic E-state index is 0.0506. The number of hydrogen-bond donors (Lipinski definition) is 1. The number of para-hydroxylation sites is 1. The van der Waals surface area contributed by atoms with E-state index in [9.17, 15) is 14.4 Å². The summed E-state index contributed by atoms with van der Waals surface area (Å²) >= 11 is 0. The van der Waals surface area contributed by atoms with Gasteiger partial charge in [-0.2, -0.15) is 10.1 Å². The molecular weight excluding hydrogens is 318 g/mol. The van der Waals surface area contributed by atoms with Gasteiger partial charge >= 0.3 is 0 Å². The molecule has 1 atom stereocenters. The van der Waals surface area contributed by atoms with Crippen molar-refractivity contribution >= 4 is 34.7 Å². The van der Waals surface area contributed by atoms with Crippen LogP contribution in [-0.2, 0) is 9.59 Å². The van der Waals surface area contributed by atoms with Gasteiger partial charge in [0.2, 0.25) is 5.91 Å². The van der Waals surface area contributed by atoms with Gasteiger partial charge in [0.05, 0.1) is 11.4 Å². The summed E-state index contributed by atoms with van der Waals surface area (Å²) in [4.78, 5) is 36.4. The molecule has 0 bridgehead atoms. The molecule has 0 spiro atoms. The lowest BCUT2D eigenvalue weighted by atomic mass is 10.0. The Morgan fingerprint density at radius 1 is 1.04 bits per heavy atom. The molecule has 1 unspecified atom stereocenters. The largest absolute Gasteiger partial charge is 0.325 e. The Bertz CT molecular complexity index is 857. The van der Waals surface area contributed by atoms with Crippen molar-refractivity contribution in [3.8, 4) is 0 Å². The quantitative estimate of drug-likeness (QED) is 0.689. The van der Waals surface area contributed by atoms with E-state index in [4.69, 9.17) is 0 Å². The number of carbonyl (C=O) groups excluding carboxylic acids is 3. The zero-order valence-electron chi connectivity index (χ0n) is 13.9. The van der Waals surface area contributed by atoms with Gasteiger partial charge in [-0.25, -0.2) is 0 Å². The van der Waals surface area contributed by atoms with Crippen LogP contribution in [-0.4, -0.2) is 23.3 Å². The Morgan fingerprint density at radius 2 is 1.68 bits per heavy atom. The van der Waals surface area contributed by atoms with Gasteiger partial charge in [0, 0.05) is 11.3 Å². The molecule has 2 aromatic rings. The molecule has 1 heterocycles. The van der Waals surface area contributed by atoms with E-state index in [1.54, 1.807) is 55.5 Å². The number of Topliss-reactive ketones (excluding diaryl/α,β-unsaturated/α-hetero) is 1. The maximum Gasteiger partial charge on any atom is 0.265 e. The second kappa shape index (κ2) is 6.68. The molecule has 0 fully saturated rings. The number of nitrogens with one attached hydrogen (secondary N) is 1. The molecule has 3 rings (SSSR count). The highest BCUT2D eigenvalue weighted by molar-refractivity contribution is 6.28. The van der Waals surface area contributed by atoms with Crippen LogP contribution in [0.3, 0.4) is 0 Å². The summed E-state index contributed by atoms with van der Waals surface area (Å²) in [6.45, 7) is 3.13. The molecule has 2 aromatic carbocycles. The molecular formula is C19H17N3O3.